The summed E-state index contributed by atoms with van der Waals surface area (Å²) in [6.45, 7) is 1.85. The van der Waals surface area contributed by atoms with Crippen LogP contribution in [0.25, 0.3) is 5.69 Å². The SMILES string of the molecule is CCOC(=O)c1ccc(S(=O)(=O)Cc2ccn(-c3ccncc3)n2)c(C#Cc2ccc(F)cc2)c1. The van der Waals surface area contributed by atoms with Crippen molar-refractivity contribution in [1.29, 1.82) is 0 Å². The van der Waals surface area contributed by atoms with Crippen LogP contribution < -0.4 is 0 Å². The monoisotopic (exact) mass is 489 g/mol. The lowest BCUT2D eigenvalue weighted by Crippen LogP contribution is -2.10. The molecule has 0 spiro atoms. The molecule has 176 valence electrons. The number of carbonyl (C=O) groups is 1. The Bertz CT molecular complexity index is 1520. The van der Waals surface area contributed by atoms with Crippen LogP contribution >= 0.6 is 0 Å². The molecule has 0 amide bonds. The third-order valence-corrected chi connectivity index (χ3v) is 6.62. The number of sulfone groups is 1. The van der Waals surface area contributed by atoms with Gasteiger partial charge in [-0.2, -0.15) is 5.10 Å². The van der Waals surface area contributed by atoms with Crippen LogP contribution in [0.4, 0.5) is 4.39 Å². The maximum absolute atomic E-state index is 13.3. The van der Waals surface area contributed by atoms with Gasteiger partial charge >= 0.3 is 5.97 Å². The van der Waals surface area contributed by atoms with Gasteiger partial charge in [0.1, 0.15) is 5.82 Å². The highest BCUT2D eigenvalue weighted by atomic mass is 32.2. The summed E-state index contributed by atoms with van der Waals surface area (Å²) < 4.78 is 46.5. The molecule has 0 aliphatic heterocycles. The largest absolute Gasteiger partial charge is 0.462 e. The molecule has 0 saturated carbocycles. The molecule has 2 aromatic carbocycles. The molecule has 0 aliphatic rings. The molecule has 4 aromatic rings. The highest BCUT2D eigenvalue weighted by molar-refractivity contribution is 7.90. The van der Waals surface area contributed by atoms with Crippen LogP contribution in [0.5, 0.6) is 0 Å². The average molecular weight is 490 g/mol. The van der Waals surface area contributed by atoms with E-state index < -0.39 is 21.6 Å². The molecule has 0 fully saturated rings. The predicted octanol–water partition coefficient (Wildman–Crippen LogP) is 3.96. The summed E-state index contributed by atoms with van der Waals surface area (Å²) in [5, 5.41) is 4.36. The Morgan fingerprint density at radius 2 is 1.77 bits per heavy atom. The fourth-order valence-electron chi connectivity index (χ4n) is 3.26. The second-order valence-electron chi connectivity index (χ2n) is 7.40. The molecular formula is C26H20FN3O4S. The first-order chi connectivity index (χ1) is 16.9. The van der Waals surface area contributed by atoms with Crippen molar-refractivity contribution in [1.82, 2.24) is 14.8 Å². The molecule has 0 bridgehead atoms. The van der Waals surface area contributed by atoms with Gasteiger partial charge in [0.05, 0.1) is 34.2 Å². The first kappa shape index (κ1) is 23.9. The number of esters is 1. The van der Waals surface area contributed by atoms with Gasteiger partial charge in [-0.15, -0.1) is 0 Å². The number of hydrogen-bond donors (Lipinski definition) is 0. The Hall–Kier alpha value is -4.29. The fourth-order valence-corrected chi connectivity index (χ4v) is 4.68. The van der Waals surface area contributed by atoms with Crippen molar-refractivity contribution in [3.8, 4) is 17.5 Å². The smallest absolute Gasteiger partial charge is 0.338 e. The number of aromatic nitrogens is 3. The third kappa shape index (κ3) is 5.80. The Kier molecular flexibility index (Phi) is 7.03. The lowest BCUT2D eigenvalue weighted by atomic mass is 10.1. The van der Waals surface area contributed by atoms with E-state index in [1.54, 1.807) is 48.4 Å². The van der Waals surface area contributed by atoms with Gasteiger partial charge in [-0.05, 0) is 67.6 Å². The molecule has 0 unspecified atom stereocenters. The standard InChI is InChI=1S/C26H20FN3O4S/c1-2-34-26(31)21-7-10-25(20(17-21)6-3-19-4-8-22(27)9-5-19)35(32,33)18-23-13-16-30(29-23)24-11-14-28-15-12-24/h4-5,7-17H,2,18H2,1H3. The number of ether oxygens (including phenoxy) is 1. The molecule has 2 aromatic heterocycles. The summed E-state index contributed by atoms with van der Waals surface area (Å²) >= 11 is 0. The zero-order valence-electron chi connectivity index (χ0n) is 18.7. The molecule has 0 aliphatic carbocycles. The van der Waals surface area contributed by atoms with Gasteiger partial charge in [0.25, 0.3) is 0 Å². The van der Waals surface area contributed by atoms with Gasteiger partial charge in [-0.25, -0.2) is 22.3 Å². The number of carbonyl (C=O) groups excluding carboxylic acids is 1. The Balaban J connectivity index is 1.70. The molecule has 4 rings (SSSR count). The van der Waals surface area contributed by atoms with Crippen LogP contribution in [0.2, 0.25) is 0 Å². The molecule has 0 atom stereocenters. The number of pyridine rings is 1. The predicted molar refractivity (Wildman–Crippen MR) is 127 cm³/mol. The zero-order chi connectivity index (χ0) is 24.8. The van der Waals surface area contributed by atoms with E-state index in [-0.39, 0.29) is 28.4 Å². The zero-order valence-corrected chi connectivity index (χ0v) is 19.5. The van der Waals surface area contributed by atoms with Crippen molar-refractivity contribution in [3.63, 3.8) is 0 Å². The van der Waals surface area contributed by atoms with E-state index in [4.69, 9.17) is 4.74 Å². The minimum Gasteiger partial charge on any atom is -0.462 e. The normalized spacial score (nSPS) is 10.9. The molecule has 35 heavy (non-hydrogen) atoms. The van der Waals surface area contributed by atoms with E-state index in [2.05, 4.69) is 21.9 Å². The number of nitrogens with zero attached hydrogens (tertiary/aromatic N) is 3. The van der Waals surface area contributed by atoms with Crippen LogP contribution in [0.1, 0.15) is 34.1 Å². The molecular weight excluding hydrogens is 469 g/mol. The second kappa shape index (κ2) is 10.3. The van der Waals surface area contributed by atoms with Crippen LogP contribution in [0, 0.1) is 17.7 Å². The van der Waals surface area contributed by atoms with Crippen molar-refractivity contribution in [2.45, 2.75) is 17.6 Å². The maximum atomic E-state index is 13.3. The summed E-state index contributed by atoms with van der Waals surface area (Å²) in [5.41, 5.74) is 1.89. The lowest BCUT2D eigenvalue weighted by Gasteiger charge is -2.08. The Labute approximate surface area is 202 Å². The Morgan fingerprint density at radius 1 is 1.03 bits per heavy atom. The fraction of sp³-hybridized carbons (Fsp3) is 0.115. The maximum Gasteiger partial charge on any atom is 0.338 e. The van der Waals surface area contributed by atoms with Crippen LogP contribution in [-0.2, 0) is 20.3 Å². The van der Waals surface area contributed by atoms with Gasteiger partial charge in [0.15, 0.2) is 9.84 Å². The van der Waals surface area contributed by atoms with Gasteiger partial charge in [-0.3, -0.25) is 4.98 Å². The van der Waals surface area contributed by atoms with Gasteiger partial charge in [0.2, 0.25) is 0 Å². The minimum atomic E-state index is -3.88. The van der Waals surface area contributed by atoms with Gasteiger partial charge < -0.3 is 4.74 Å². The quantitative estimate of drug-likeness (QED) is 0.301. The first-order valence-electron chi connectivity index (χ1n) is 10.6. The molecule has 9 heteroatoms. The summed E-state index contributed by atoms with van der Waals surface area (Å²) in [7, 11) is -3.88. The van der Waals surface area contributed by atoms with E-state index in [0.717, 1.165) is 5.69 Å². The third-order valence-electron chi connectivity index (χ3n) is 4.92. The van der Waals surface area contributed by atoms with E-state index in [0.29, 0.717) is 11.3 Å². The second-order valence-corrected chi connectivity index (χ2v) is 9.36. The number of rotatable bonds is 6. The average Bonchev–Trinajstić information content (AvgIpc) is 3.32. The van der Waals surface area contributed by atoms with Crippen molar-refractivity contribution >= 4 is 15.8 Å². The summed E-state index contributed by atoms with van der Waals surface area (Å²) in [5.74, 6) is 4.29. The van der Waals surface area contributed by atoms with Crippen molar-refractivity contribution in [2.24, 2.45) is 0 Å². The molecule has 0 saturated heterocycles. The summed E-state index contributed by atoms with van der Waals surface area (Å²) in [4.78, 5) is 16.1. The van der Waals surface area contributed by atoms with Crippen LogP contribution in [-0.4, -0.2) is 35.8 Å². The van der Waals surface area contributed by atoms with Crippen LogP contribution in [0.3, 0.4) is 0 Å². The van der Waals surface area contributed by atoms with Crippen molar-refractivity contribution < 1.29 is 22.3 Å². The molecule has 0 N–H and O–H groups in total. The van der Waals surface area contributed by atoms with E-state index >= 15 is 0 Å². The molecule has 2 heterocycles. The Morgan fingerprint density at radius 3 is 2.49 bits per heavy atom. The molecule has 0 radical (unpaired) electrons. The van der Waals surface area contributed by atoms with E-state index in [9.17, 15) is 17.6 Å². The van der Waals surface area contributed by atoms with Crippen molar-refractivity contribution in [2.75, 3.05) is 6.61 Å². The minimum absolute atomic E-state index is 0.0429. The van der Waals surface area contributed by atoms with E-state index in [1.807, 2.05) is 0 Å². The molecule has 7 nitrogen and oxygen atoms in total. The highest BCUT2D eigenvalue weighted by Gasteiger charge is 2.22. The number of benzene rings is 2. The summed E-state index contributed by atoms with van der Waals surface area (Å²) in [6, 6.07) is 14.7. The highest BCUT2D eigenvalue weighted by Crippen LogP contribution is 2.22. The number of halogens is 1. The topological polar surface area (TPSA) is 91.2 Å². The van der Waals surface area contributed by atoms with Gasteiger partial charge in [0, 0.05) is 29.7 Å². The van der Waals surface area contributed by atoms with Gasteiger partial charge in [-0.1, -0.05) is 11.8 Å². The van der Waals surface area contributed by atoms with E-state index in [1.165, 1.54) is 42.5 Å². The van der Waals surface area contributed by atoms with Crippen molar-refractivity contribution in [3.05, 3.63) is 107 Å². The van der Waals surface area contributed by atoms with Crippen LogP contribution in [0.15, 0.2) is 84.1 Å². The number of hydrogen-bond acceptors (Lipinski definition) is 6. The first-order valence-corrected chi connectivity index (χ1v) is 12.3. The summed E-state index contributed by atoms with van der Waals surface area (Å²) in [6.07, 6.45) is 4.90. The lowest BCUT2D eigenvalue weighted by molar-refractivity contribution is 0.0526.